The fraction of sp³-hybridized carbons (Fsp3) is 0.235. The summed E-state index contributed by atoms with van der Waals surface area (Å²) in [6.45, 7) is 1.33. The van der Waals surface area contributed by atoms with E-state index < -0.39 is 15.8 Å². The molecule has 1 heterocycles. The molecule has 0 spiro atoms. The summed E-state index contributed by atoms with van der Waals surface area (Å²) in [5.74, 6) is -0.480. The molecule has 1 saturated heterocycles. The molecule has 1 aliphatic heterocycles. The standard InChI is InChI=1S/C17H15ClN4O5/c18-12-5-6-14(21(24)25)13(11-12)17(23)20-9-7-19(8-10-20)15-3-1-2-4-16(15)22(26)27/h1-6,11H,7-10H2. The predicted molar refractivity (Wildman–Crippen MR) is 99.3 cm³/mol. The summed E-state index contributed by atoms with van der Waals surface area (Å²) in [4.78, 5) is 37.4. The van der Waals surface area contributed by atoms with Crippen LogP contribution in [0.25, 0.3) is 0 Å². The molecule has 0 bridgehead atoms. The summed E-state index contributed by atoms with van der Waals surface area (Å²) >= 11 is 5.89. The Morgan fingerprint density at radius 2 is 1.56 bits per heavy atom. The lowest BCUT2D eigenvalue weighted by Crippen LogP contribution is -2.49. The zero-order chi connectivity index (χ0) is 19.6. The highest BCUT2D eigenvalue weighted by Crippen LogP contribution is 2.29. The number of halogens is 1. The number of para-hydroxylation sites is 2. The van der Waals surface area contributed by atoms with Gasteiger partial charge in [0, 0.05) is 43.3 Å². The average molecular weight is 391 g/mol. The van der Waals surface area contributed by atoms with Crippen molar-refractivity contribution in [2.45, 2.75) is 0 Å². The van der Waals surface area contributed by atoms with E-state index in [1.807, 2.05) is 4.90 Å². The number of nitro benzene ring substituents is 2. The lowest BCUT2D eigenvalue weighted by molar-refractivity contribution is -0.385. The molecule has 0 N–H and O–H groups in total. The normalized spacial score (nSPS) is 14.1. The van der Waals surface area contributed by atoms with E-state index in [0.29, 0.717) is 18.8 Å². The van der Waals surface area contributed by atoms with Crippen LogP contribution in [-0.4, -0.2) is 46.8 Å². The first-order valence-electron chi connectivity index (χ1n) is 8.10. The van der Waals surface area contributed by atoms with Crippen LogP contribution >= 0.6 is 11.6 Å². The van der Waals surface area contributed by atoms with Gasteiger partial charge in [0.25, 0.3) is 17.3 Å². The molecule has 0 aliphatic carbocycles. The van der Waals surface area contributed by atoms with E-state index in [0.717, 1.165) is 0 Å². The second kappa shape index (κ2) is 7.58. The number of nitro groups is 2. The van der Waals surface area contributed by atoms with E-state index >= 15 is 0 Å². The van der Waals surface area contributed by atoms with E-state index in [9.17, 15) is 25.0 Å². The highest BCUT2D eigenvalue weighted by atomic mass is 35.5. The van der Waals surface area contributed by atoms with Crippen molar-refractivity contribution in [3.8, 4) is 0 Å². The molecule has 3 rings (SSSR count). The van der Waals surface area contributed by atoms with Gasteiger partial charge in [0.1, 0.15) is 11.3 Å². The van der Waals surface area contributed by atoms with E-state index in [-0.39, 0.29) is 35.1 Å². The van der Waals surface area contributed by atoms with Gasteiger partial charge in [-0.1, -0.05) is 23.7 Å². The summed E-state index contributed by atoms with van der Waals surface area (Å²) in [7, 11) is 0. The third kappa shape index (κ3) is 3.82. The molecular weight excluding hydrogens is 376 g/mol. The lowest BCUT2D eigenvalue weighted by Gasteiger charge is -2.35. The van der Waals surface area contributed by atoms with Gasteiger partial charge >= 0.3 is 0 Å². The molecule has 0 saturated carbocycles. The maximum atomic E-state index is 12.7. The first-order valence-corrected chi connectivity index (χ1v) is 8.48. The Morgan fingerprint density at radius 1 is 0.926 bits per heavy atom. The zero-order valence-electron chi connectivity index (χ0n) is 14.1. The average Bonchev–Trinajstić information content (AvgIpc) is 2.67. The summed E-state index contributed by atoms with van der Waals surface area (Å²) in [5.41, 5.74) is 0.128. The van der Waals surface area contributed by atoms with Crippen molar-refractivity contribution in [3.63, 3.8) is 0 Å². The predicted octanol–water partition coefficient (Wildman–Crippen LogP) is 3.12. The molecule has 1 fully saturated rings. The Kier molecular flexibility index (Phi) is 5.22. The van der Waals surface area contributed by atoms with Crippen LogP contribution in [0.4, 0.5) is 17.1 Å². The lowest BCUT2D eigenvalue weighted by atomic mass is 10.1. The molecule has 0 radical (unpaired) electrons. The summed E-state index contributed by atoms with van der Waals surface area (Å²) in [5, 5.41) is 22.6. The van der Waals surface area contributed by atoms with Gasteiger partial charge in [0.15, 0.2) is 0 Å². The van der Waals surface area contributed by atoms with Crippen molar-refractivity contribution in [1.29, 1.82) is 0 Å². The van der Waals surface area contributed by atoms with Crippen LogP contribution in [0.2, 0.25) is 5.02 Å². The van der Waals surface area contributed by atoms with E-state index in [1.165, 1.54) is 29.2 Å². The minimum Gasteiger partial charge on any atom is -0.362 e. The third-order valence-corrected chi connectivity index (χ3v) is 4.61. The van der Waals surface area contributed by atoms with Gasteiger partial charge in [0.05, 0.1) is 9.85 Å². The number of carbonyl (C=O) groups excluding carboxylic acids is 1. The minimum absolute atomic E-state index is 0.00255. The van der Waals surface area contributed by atoms with Crippen molar-refractivity contribution in [3.05, 3.63) is 73.3 Å². The molecule has 2 aromatic carbocycles. The Balaban J connectivity index is 1.77. The van der Waals surface area contributed by atoms with Crippen LogP contribution in [0, 0.1) is 20.2 Å². The first-order chi connectivity index (χ1) is 12.9. The van der Waals surface area contributed by atoms with E-state index in [2.05, 4.69) is 0 Å². The van der Waals surface area contributed by atoms with Crippen LogP contribution in [0.3, 0.4) is 0 Å². The van der Waals surface area contributed by atoms with Crippen LogP contribution in [0.15, 0.2) is 42.5 Å². The fourth-order valence-electron chi connectivity index (χ4n) is 3.05. The van der Waals surface area contributed by atoms with Gasteiger partial charge in [-0.05, 0) is 18.2 Å². The Labute approximate surface area is 159 Å². The number of hydrogen-bond donors (Lipinski definition) is 0. The van der Waals surface area contributed by atoms with E-state index in [1.54, 1.807) is 18.2 Å². The topological polar surface area (TPSA) is 110 Å². The quantitative estimate of drug-likeness (QED) is 0.586. The minimum atomic E-state index is -0.618. The van der Waals surface area contributed by atoms with Crippen LogP contribution in [0.1, 0.15) is 10.4 Å². The first kappa shape index (κ1) is 18.6. The highest BCUT2D eigenvalue weighted by Gasteiger charge is 2.29. The molecule has 1 aliphatic rings. The largest absolute Gasteiger partial charge is 0.362 e. The number of nitrogens with zero attached hydrogens (tertiary/aromatic N) is 4. The summed E-state index contributed by atoms with van der Waals surface area (Å²) in [6.07, 6.45) is 0. The van der Waals surface area contributed by atoms with Crippen molar-refractivity contribution in [2.24, 2.45) is 0 Å². The van der Waals surface area contributed by atoms with Crippen LogP contribution in [-0.2, 0) is 0 Å². The summed E-state index contributed by atoms with van der Waals surface area (Å²) < 4.78 is 0. The molecule has 10 heteroatoms. The number of benzene rings is 2. The number of piperazine rings is 1. The molecule has 2 aromatic rings. The molecule has 0 unspecified atom stereocenters. The van der Waals surface area contributed by atoms with Gasteiger partial charge in [-0.15, -0.1) is 0 Å². The van der Waals surface area contributed by atoms with Gasteiger partial charge in [-0.25, -0.2) is 0 Å². The van der Waals surface area contributed by atoms with Crippen LogP contribution < -0.4 is 4.90 Å². The van der Waals surface area contributed by atoms with Gasteiger partial charge in [0.2, 0.25) is 0 Å². The van der Waals surface area contributed by atoms with Crippen molar-refractivity contribution in [2.75, 3.05) is 31.1 Å². The highest BCUT2D eigenvalue weighted by molar-refractivity contribution is 6.31. The maximum Gasteiger partial charge on any atom is 0.292 e. The monoisotopic (exact) mass is 390 g/mol. The molecule has 140 valence electrons. The number of rotatable bonds is 4. The summed E-state index contributed by atoms with van der Waals surface area (Å²) in [6, 6.07) is 10.3. The van der Waals surface area contributed by atoms with Gasteiger partial charge in [-0.3, -0.25) is 25.0 Å². The Morgan fingerprint density at radius 3 is 2.19 bits per heavy atom. The van der Waals surface area contributed by atoms with Crippen molar-refractivity contribution < 1.29 is 14.6 Å². The molecule has 0 atom stereocenters. The van der Waals surface area contributed by atoms with Crippen molar-refractivity contribution >= 4 is 34.6 Å². The number of amides is 1. The third-order valence-electron chi connectivity index (χ3n) is 4.37. The number of carbonyl (C=O) groups is 1. The number of hydrogen-bond acceptors (Lipinski definition) is 6. The second-order valence-electron chi connectivity index (χ2n) is 5.94. The molecule has 1 amide bonds. The van der Waals surface area contributed by atoms with E-state index in [4.69, 9.17) is 11.6 Å². The van der Waals surface area contributed by atoms with Gasteiger partial charge in [-0.2, -0.15) is 0 Å². The molecule has 0 aromatic heterocycles. The zero-order valence-corrected chi connectivity index (χ0v) is 14.8. The SMILES string of the molecule is O=C(c1cc(Cl)ccc1[N+](=O)[O-])N1CCN(c2ccccc2[N+](=O)[O-])CC1. The molecule has 27 heavy (non-hydrogen) atoms. The molecule has 9 nitrogen and oxygen atoms in total. The molecular formula is C17H15ClN4O5. The fourth-order valence-corrected chi connectivity index (χ4v) is 3.22. The Hall–Kier alpha value is -3.20. The number of anilines is 1. The van der Waals surface area contributed by atoms with Crippen molar-refractivity contribution in [1.82, 2.24) is 4.90 Å². The van der Waals surface area contributed by atoms with Gasteiger partial charge < -0.3 is 9.80 Å². The maximum absolute atomic E-state index is 12.7. The Bertz CT molecular complexity index is 912. The van der Waals surface area contributed by atoms with Crippen LogP contribution in [0.5, 0.6) is 0 Å². The smallest absolute Gasteiger partial charge is 0.292 e. The second-order valence-corrected chi connectivity index (χ2v) is 6.38.